The van der Waals surface area contributed by atoms with Crippen molar-refractivity contribution < 1.29 is 5.11 Å². The molecule has 2 nitrogen and oxygen atoms in total. The summed E-state index contributed by atoms with van der Waals surface area (Å²) < 4.78 is 0. The predicted molar refractivity (Wildman–Crippen MR) is 85.8 cm³/mol. The van der Waals surface area contributed by atoms with Crippen molar-refractivity contribution in [2.45, 2.75) is 33.2 Å². The maximum absolute atomic E-state index is 9.10. The molecule has 0 aromatic heterocycles. The summed E-state index contributed by atoms with van der Waals surface area (Å²) in [4.78, 5) is 0. The van der Waals surface area contributed by atoms with E-state index in [0.717, 1.165) is 13.0 Å². The van der Waals surface area contributed by atoms with Crippen molar-refractivity contribution in [3.8, 4) is 0 Å². The lowest BCUT2D eigenvalue weighted by atomic mass is 9.89. The Hall–Kier alpha value is -1.38. The molecule has 2 heteroatoms. The Balaban J connectivity index is 2.14. The summed E-state index contributed by atoms with van der Waals surface area (Å²) in [5.41, 5.74) is 1.45. The summed E-state index contributed by atoms with van der Waals surface area (Å²) >= 11 is 0. The maximum Gasteiger partial charge on any atom is 0.0436 e. The lowest BCUT2D eigenvalue weighted by Crippen LogP contribution is -2.32. The van der Waals surface area contributed by atoms with Crippen molar-refractivity contribution in [1.29, 1.82) is 0 Å². The largest absolute Gasteiger partial charge is 0.396 e. The number of rotatable bonds is 6. The van der Waals surface area contributed by atoms with Gasteiger partial charge in [-0.15, -0.1) is 0 Å². The Labute approximate surface area is 121 Å². The van der Waals surface area contributed by atoms with Gasteiger partial charge in [-0.05, 0) is 35.1 Å². The molecule has 0 heterocycles. The van der Waals surface area contributed by atoms with Gasteiger partial charge in [-0.1, -0.05) is 56.3 Å². The highest BCUT2D eigenvalue weighted by Crippen LogP contribution is 2.25. The van der Waals surface area contributed by atoms with Crippen molar-refractivity contribution in [3.05, 3.63) is 48.0 Å². The van der Waals surface area contributed by atoms with E-state index in [9.17, 15) is 0 Å². The average Bonchev–Trinajstić information content (AvgIpc) is 2.44. The van der Waals surface area contributed by atoms with Crippen LogP contribution in [-0.2, 0) is 0 Å². The van der Waals surface area contributed by atoms with Crippen molar-refractivity contribution in [3.63, 3.8) is 0 Å². The van der Waals surface area contributed by atoms with Crippen LogP contribution in [0, 0.1) is 5.41 Å². The quantitative estimate of drug-likeness (QED) is 0.835. The molecule has 0 aliphatic heterocycles. The zero-order valence-electron chi connectivity index (χ0n) is 12.7. The lowest BCUT2D eigenvalue weighted by Gasteiger charge is -2.27. The average molecular weight is 271 g/mol. The molecule has 1 unspecified atom stereocenters. The molecule has 2 aromatic rings. The molecular weight excluding hydrogens is 246 g/mol. The fourth-order valence-electron chi connectivity index (χ4n) is 2.56. The SMILES string of the molecule is CC(NCC(C)(C)CCO)c1cccc2ccccc12. The van der Waals surface area contributed by atoms with Crippen molar-refractivity contribution >= 4 is 10.8 Å². The fourth-order valence-corrected chi connectivity index (χ4v) is 2.56. The Bertz CT molecular complexity index is 557. The van der Waals surface area contributed by atoms with Crippen LogP contribution in [0.4, 0.5) is 0 Å². The van der Waals surface area contributed by atoms with Gasteiger partial charge in [0, 0.05) is 19.2 Å². The van der Waals surface area contributed by atoms with Crippen LogP contribution in [-0.4, -0.2) is 18.3 Å². The maximum atomic E-state index is 9.10. The summed E-state index contributed by atoms with van der Waals surface area (Å²) in [5, 5.41) is 15.3. The first-order chi connectivity index (χ1) is 9.53. The van der Waals surface area contributed by atoms with Gasteiger partial charge in [0.2, 0.25) is 0 Å². The smallest absolute Gasteiger partial charge is 0.0436 e. The molecule has 1 atom stereocenters. The van der Waals surface area contributed by atoms with E-state index in [4.69, 9.17) is 5.11 Å². The van der Waals surface area contributed by atoms with E-state index in [1.807, 2.05) is 0 Å². The second-order valence-corrected chi connectivity index (χ2v) is 6.31. The normalized spacial score (nSPS) is 13.6. The van der Waals surface area contributed by atoms with E-state index in [-0.39, 0.29) is 12.0 Å². The molecule has 2 rings (SSSR count). The molecule has 2 aromatic carbocycles. The molecule has 0 spiro atoms. The predicted octanol–water partition coefficient (Wildman–Crippen LogP) is 3.90. The highest BCUT2D eigenvalue weighted by Gasteiger charge is 2.18. The number of nitrogens with one attached hydrogen (secondary N) is 1. The molecule has 2 N–H and O–H groups in total. The molecule has 108 valence electrons. The van der Waals surface area contributed by atoms with Gasteiger partial charge in [-0.2, -0.15) is 0 Å². The standard InChI is InChI=1S/C18H25NO/c1-14(19-13-18(2,3)11-12-20)16-10-6-8-15-7-4-5-9-17(15)16/h4-10,14,19-20H,11-13H2,1-3H3. The Morgan fingerprint density at radius 1 is 1.10 bits per heavy atom. The van der Waals surface area contributed by atoms with Gasteiger partial charge < -0.3 is 10.4 Å². The minimum absolute atomic E-state index is 0.119. The number of aliphatic hydroxyl groups is 1. The van der Waals surface area contributed by atoms with Gasteiger partial charge in [0.25, 0.3) is 0 Å². The van der Waals surface area contributed by atoms with Gasteiger partial charge in [0.05, 0.1) is 0 Å². The second-order valence-electron chi connectivity index (χ2n) is 6.31. The van der Waals surface area contributed by atoms with Gasteiger partial charge in [-0.25, -0.2) is 0 Å². The van der Waals surface area contributed by atoms with E-state index in [0.29, 0.717) is 6.04 Å². The molecule has 0 fully saturated rings. The summed E-state index contributed by atoms with van der Waals surface area (Å²) in [5.74, 6) is 0. The number of hydrogen-bond acceptors (Lipinski definition) is 2. The van der Waals surface area contributed by atoms with E-state index >= 15 is 0 Å². The van der Waals surface area contributed by atoms with Crippen LogP contribution in [0.15, 0.2) is 42.5 Å². The Morgan fingerprint density at radius 3 is 2.55 bits per heavy atom. The minimum Gasteiger partial charge on any atom is -0.396 e. The Morgan fingerprint density at radius 2 is 1.80 bits per heavy atom. The van der Waals surface area contributed by atoms with Crippen LogP contribution in [0.5, 0.6) is 0 Å². The zero-order valence-corrected chi connectivity index (χ0v) is 12.7. The first kappa shape index (κ1) is 15.0. The van der Waals surface area contributed by atoms with E-state index in [1.165, 1.54) is 16.3 Å². The number of benzene rings is 2. The van der Waals surface area contributed by atoms with Gasteiger partial charge in [0.1, 0.15) is 0 Å². The first-order valence-corrected chi connectivity index (χ1v) is 7.35. The van der Waals surface area contributed by atoms with Crippen molar-refractivity contribution in [2.24, 2.45) is 5.41 Å². The van der Waals surface area contributed by atoms with Crippen LogP contribution in [0.3, 0.4) is 0 Å². The third-order valence-electron chi connectivity index (χ3n) is 3.97. The summed E-state index contributed by atoms with van der Waals surface area (Å²) in [6.07, 6.45) is 0.822. The molecule has 0 bridgehead atoms. The molecule has 0 radical (unpaired) electrons. The van der Waals surface area contributed by atoms with E-state index < -0.39 is 0 Å². The first-order valence-electron chi connectivity index (χ1n) is 7.35. The molecular formula is C18H25NO. The molecule has 0 amide bonds. The Kier molecular flexibility index (Phi) is 4.79. The van der Waals surface area contributed by atoms with Crippen LogP contribution >= 0.6 is 0 Å². The monoisotopic (exact) mass is 271 g/mol. The lowest BCUT2D eigenvalue weighted by molar-refractivity contribution is 0.204. The highest BCUT2D eigenvalue weighted by molar-refractivity contribution is 5.86. The van der Waals surface area contributed by atoms with E-state index in [2.05, 4.69) is 68.6 Å². The van der Waals surface area contributed by atoms with Crippen molar-refractivity contribution in [1.82, 2.24) is 5.32 Å². The number of hydrogen-bond donors (Lipinski definition) is 2. The molecule has 20 heavy (non-hydrogen) atoms. The minimum atomic E-state index is 0.119. The summed E-state index contributed by atoms with van der Waals surface area (Å²) in [6.45, 7) is 7.73. The number of aliphatic hydroxyl groups excluding tert-OH is 1. The highest BCUT2D eigenvalue weighted by atomic mass is 16.3. The third kappa shape index (κ3) is 3.59. The summed E-state index contributed by atoms with van der Waals surface area (Å²) in [6, 6.07) is 15.3. The third-order valence-corrected chi connectivity index (χ3v) is 3.97. The van der Waals surface area contributed by atoms with Gasteiger partial charge in [-0.3, -0.25) is 0 Å². The van der Waals surface area contributed by atoms with Crippen LogP contribution in [0.2, 0.25) is 0 Å². The van der Waals surface area contributed by atoms with Crippen LogP contribution in [0.25, 0.3) is 10.8 Å². The van der Waals surface area contributed by atoms with Crippen molar-refractivity contribution in [2.75, 3.05) is 13.2 Å². The molecule has 0 saturated heterocycles. The van der Waals surface area contributed by atoms with Gasteiger partial charge in [0.15, 0.2) is 0 Å². The van der Waals surface area contributed by atoms with Crippen LogP contribution < -0.4 is 5.32 Å². The van der Waals surface area contributed by atoms with E-state index in [1.54, 1.807) is 0 Å². The topological polar surface area (TPSA) is 32.3 Å². The fraction of sp³-hybridized carbons (Fsp3) is 0.444. The molecule has 0 aliphatic carbocycles. The molecule has 0 saturated carbocycles. The zero-order chi connectivity index (χ0) is 14.6. The summed E-state index contributed by atoms with van der Waals surface area (Å²) in [7, 11) is 0. The number of fused-ring (bicyclic) bond motifs is 1. The second kappa shape index (κ2) is 6.38. The molecule has 0 aliphatic rings. The van der Waals surface area contributed by atoms with Gasteiger partial charge >= 0.3 is 0 Å². The van der Waals surface area contributed by atoms with Crippen LogP contribution in [0.1, 0.15) is 38.8 Å².